The van der Waals surface area contributed by atoms with Crippen molar-refractivity contribution >= 4 is 0 Å². The van der Waals surface area contributed by atoms with Gasteiger partial charge in [0.1, 0.15) is 24.4 Å². The summed E-state index contributed by atoms with van der Waals surface area (Å²) in [7, 11) is 0. The van der Waals surface area contributed by atoms with Gasteiger partial charge in [0.05, 0.1) is 39.1 Å². The van der Waals surface area contributed by atoms with Gasteiger partial charge >= 0.3 is 0 Å². The van der Waals surface area contributed by atoms with Crippen LogP contribution in [-0.4, -0.2) is 43.7 Å². The normalized spacial score (nSPS) is 22.4. The zero-order valence-corrected chi connectivity index (χ0v) is 23.3. The van der Waals surface area contributed by atoms with E-state index < -0.39 is 24.4 Å². The average molecular weight is 554 g/mol. The van der Waals surface area contributed by atoms with Crippen molar-refractivity contribution in [2.45, 2.75) is 56.9 Å². The molecule has 2 N–H and O–H groups in total. The quantitative estimate of drug-likeness (QED) is 0.217. The average Bonchev–Trinajstić information content (AvgIpc) is 3.04. The number of hydrogen-bond acceptors (Lipinski definition) is 6. The van der Waals surface area contributed by atoms with Crippen LogP contribution >= 0.6 is 0 Å². The monoisotopic (exact) mass is 553 g/mol. The van der Waals surface area contributed by atoms with Gasteiger partial charge in [0.25, 0.3) is 0 Å². The molecule has 0 saturated carbocycles. The molecular formula is C35H39NO5. The van der Waals surface area contributed by atoms with Gasteiger partial charge in [-0.25, -0.2) is 0 Å². The van der Waals surface area contributed by atoms with Crippen LogP contribution < -0.4 is 5.73 Å². The van der Waals surface area contributed by atoms with E-state index in [2.05, 4.69) is 24.3 Å². The first-order chi connectivity index (χ1) is 20.3. The van der Waals surface area contributed by atoms with Crippen LogP contribution in [0.15, 0.2) is 121 Å². The molecule has 0 radical (unpaired) electrons. The summed E-state index contributed by atoms with van der Waals surface area (Å²) in [6, 6.07) is 40.5. The Morgan fingerprint density at radius 1 is 0.463 bits per heavy atom. The lowest BCUT2D eigenvalue weighted by Gasteiger charge is -2.46. The molecule has 5 atom stereocenters. The molecule has 0 unspecified atom stereocenters. The van der Waals surface area contributed by atoms with Crippen molar-refractivity contribution in [1.82, 2.24) is 0 Å². The maximum absolute atomic E-state index is 6.66. The molecule has 0 aromatic heterocycles. The minimum Gasteiger partial charge on any atom is -0.374 e. The molecule has 0 spiro atoms. The van der Waals surface area contributed by atoms with E-state index in [0.717, 1.165) is 22.3 Å². The Kier molecular flexibility index (Phi) is 11.1. The molecule has 214 valence electrons. The first-order valence-electron chi connectivity index (χ1n) is 14.2. The molecule has 4 aromatic rings. The number of ether oxygens (including phenoxy) is 5. The highest BCUT2D eigenvalue weighted by atomic mass is 16.6. The maximum Gasteiger partial charge on any atom is 0.115 e. The zero-order valence-electron chi connectivity index (χ0n) is 23.3. The summed E-state index contributed by atoms with van der Waals surface area (Å²) in [6.45, 7) is 2.33. The van der Waals surface area contributed by atoms with Gasteiger partial charge in [-0.2, -0.15) is 0 Å². The molecule has 0 amide bonds. The Morgan fingerprint density at radius 2 is 0.829 bits per heavy atom. The van der Waals surface area contributed by atoms with Gasteiger partial charge in [0.2, 0.25) is 0 Å². The van der Waals surface area contributed by atoms with Gasteiger partial charge in [0, 0.05) is 6.54 Å². The third kappa shape index (κ3) is 8.57. The first-order valence-corrected chi connectivity index (χ1v) is 14.2. The van der Waals surface area contributed by atoms with Crippen LogP contribution in [0, 0.1) is 0 Å². The van der Waals surface area contributed by atoms with Crippen molar-refractivity contribution in [3.63, 3.8) is 0 Å². The smallest absolute Gasteiger partial charge is 0.115 e. The fourth-order valence-electron chi connectivity index (χ4n) is 5.07. The van der Waals surface area contributed by atoms with E-state index in [1.165, 1.54) is 0 Å². The Morgan fingerprint density at radius 3 is 1.24 bits per heavy atom. The molecule has 41 heavy (non-hydrogen) atoms. The van der Waals surface area contributed by atoms with Gasteiger partial charge in [-0.05, 0) is 22.3 Å². The zero-order chi connectivity index (χ0) is 28.1. The minimum absolute atomic E-state index is 0.283. The SMILES string of the molecule is NC[C@H]1O[C@H](COCc2ccccc2)[C@@H](OCc2ccccc2)[C@H](OCc2ccccc2)[C@@H]1OCc1ccccc1. The second-order valence-corrected chi connectivity index (χ2v) is 10.2. The van der Waals surface area contributed by atoms with Crippen molar-refractivity contribution < 1.29 is 23.7 Å². The first kappa shape index (κ1) is 29.1. The lowest BCUT2D eigenvalue weighted by molar-refractivity contribution is -0.270. The summed E-state index contributed by atoms with van der Waals surface area (Å²) >= 11 is 0. The maximum atomic E-state index is 6.66. The molecule has 5 rings (SSSR count). The molecular weight excluding hydrogens is 514 g/mol. The van der Waals surface area contributed by atoms with Crippen LogP contribution in [0.1, 0.15) is 22.3 Å². The number of hydrogen-bond donors (Lipinski definition) is 1. The fourth-order valence-corrected chi connectivity index (χ4v) is 5.07. The van der Waals surface area contributed by atoms with Gasteiger partial charge in [-0.1, -0.05) is 121 Å². The highest BCUT2D eigenvalue weighted by Crippen LogP contribution is 2.30. The summed E-state index contributed by atoms with van der Waals surface area (Å²) in [4.78, 5) is 0. The molecule has 0 aliphatic carbocycles. The standard InChI is InChI=1S/C35H39NO5/c36-21-31-33(38-23-28-15-7-2-8-16-28)35(40-25-30-19-11-4-12-20-30)34(39-24-29-17-9-3-10-18-29)32(41-31)26-37-22-27-13-5-1-6-14-27/h1-20,31-35H,21-26,36H2/t31-,32-,33-,34-,35-/m1/s1. The van der Waals surface area contributed by atoms with Crippen LogP contribution in [-0.2, 0) is 50.1 Å². The second kappa shape index (κ2) is 15.6. The largest absolute Gasteiger partial charge is 0.374 e. The van der Waals surface area contributed by atoms with E-state index in [9.17, 15) is 0 Å². The lowest BCUT2D eigenvalue weighted by atomic mass is 9.94. The molecule has 1 heterocycles. The van der Waals surface area contributed by atoms with Crippen molar-refractivity contribution in [3.8, 4) is 0 Å². The van der Waals surface area contributed by atoms with E-state index in [4.69, 9.17) is 29.4 Å². The molecule has 1 aliphatic rings. The van der Waals surface area contributed by atoms with Gasteiger partial charge < -0.3 is 29.4 Å². The summed E-state index contributed by atoms with van der Waals surface area (Å²) < 4.78 is 32.5. The lowest BCUT2D eigenvalue weighted by Crippen LogP contribution is -2.62. The Labute approximate surface area is 243 Å². The predicted octanol–water partition coefficient (Wildman–Crippen LogP) is 5.69. The highest BCUT2D eigenvalue weighted by Gasteiger charge is 2.48. The Balaban J connectivity index is 1.38. The van der Waals surface area contributed by atoms with E-state index in [-0.39, 0.29) is 12.6 Å². The molecule has 1 fully saturated rings. The molecule has 6 nitrogen and oxygen atoms in total. The van der Waals surface area contributed by atoms with Gasteiger partial charge in [0.15, 0.2) is 0 Å². The van der Waals surface area contributed by atoms with Crippen LogP contribution in [0.25, 0.3) is 0 Å². The fraction of sp³-hybridized carbons (Fsp3) is 0.314. The summed E-state index contributed by atoms with van der Waals surface area (Å²) in [6.07, 6.45) is -2.10. The second-order valence-electron chi connectivity index (χ2n) is 10.2. The van der Waals surface area contributed by atoms with E-state index in [1.54, 1.807) is 0 Å². The topological polar surface area (TPSA) is 72.2 Å². The Bertz CT molecular complexity index is 1260. The Hall–Kier alpha value is -3.36. The molecule has 4 aromatic carbocycles. The number of rotatable bonds is 14. The van der Waals surface area contributed by atoms with E-state index >= 15 is 0 Å². The van der Waals surface area contributed by atoms with Gasteiger partial charge in [-0.15, -0.1) is 0 Å². The molecule has 0 bridgehead atoms. The third-order valence-corrected chi connectivity index (χ3v) is 7.21. The molecule has 1 saturated heterocycles. The van der Waals surface area contributed by atoms with Crippen molar-refractivity contribution in [3.05, 3.63) is 144 Å². The summed E-state index contributed by atoms with van der Waals surface area (Å²) in [5, 5.41) is 0. The summed E-state index contributed by atoms with van der Waals surface area (Å²) in [5.41, 5.74) is 10.6. The summed E-state index contributed by atoms with van der Waals surface area (Å²) in [5.74, 6) is 0. The minimum atomic E-state index is -0.446. The van der Waals surface area contributed by atoms with Crippen molar-refractivity contribution in [2.75, 3.05) is 13.2 Å². The van der Waals surface area contributed by atoms with Crippen LogP contribution in [0.5, 0.6) is 0 Å². The van der Waals surface area contributed by atoms with Crippen molar-refractivity contribution in [2.24, 2.45) is 5.73 Å². The van der Waals surface area contributed by atoms with E-state index in [1.807, 2.05) is 97.1 Å². The number of nitrogens with two attached hydrogens (primary N) is 1. The van der Waals surface area contributed by atoms with Gasteiger partial charge in [-0.3, -0.25) is 0 Å². The van der Waals surface area contributed by atoms with E-state index in [0.29, 0.717) is 33.0 Å². The van der Waals surface area contributed by atoms with Crippen LogP contribution in [0.3, 0.4) is 0 Å². The molecule has 6 heteroatoms. The van der Waals surface area contributed by atoms with Crippen LogP contribution in [0.2, 0.25) is 0 Å². The predicted molar refractivity (Wildman–Crippen MR) is 159 cm³/mol. The number of benzene rings is 4. The molecule has 1 aliphatic heterocycles. The van der Waals surface area contributed by atoms with Crippen molar-refractivity contribution in [1.29, 1.82) is 0 Å². The highest BCUT2D eigenvalue weighted by molar-refractivity contribution is 5.16. The van der Waals surface area contributed by atoms with Crippen LogP contribution in [0.4, 0.5) is 0 Å². The third-order valence-electron chi connectivity index (χ3n) is 7.21.